The first-order chi connectivity index (χ1) is 11.8. The Hall–Kier alpha value is -1.96. The van der Waals surface area contributed by atoms with Crippen LogP contribution in [0, 0.1) is 0 Å². The number of phenolic OH excluding ortho intramolecular Hbond substituents is 2. The van der Waals surface area contributed by atoms with E-state index in [4.69, 9.17) is 0 Å². The van der Waals surface area contributed by atoms with Gasteiger partial charge in [0.2, 0.25) is 0 Å². The van der Waals surface area contributed by atoms with Crippen LogP contribution in [0.4, 0.5) is 0 Å². The van der Waals surface area contributed by atoms with Crippen LogP contribution in [0.1, 0.15) is 62.5 Å². The SMILES string of the molecule is Oc1cccc(CCCCCCCCCCc2ccccc2)c1O. The highest BCUT2D eigenvalue weighted by Crippen LogP contribution is 2.29. The Morgan fingerprint density at radius 2 is 1.12 bits per heavy atom. The zero-order valence-electron chi connectivity index (χ0n) is 14.6. The van der Waals surface area contributed by atoms with E-state index >= 15 is 0 Å². The van der Waals surface area contributed by atoms with Crippen LogP contribution >= 0.6 is 0 Å². The van der Waals surface area contributed by atoms with E-state index in [0.717, 1.165) is 18.4 Å². The van der Waals surface area contributed by atoms with Gasteiger partial charge in [0.05, 0.1) is 0 Å². The number of phenols is 2. The summed E-state index contributed by atoms with van der Waals surface area (Å²) in [6.07, 6.45) is 12.2. The molecule has 0 aromatic heterocycles. The smallest absolute Gasteiger partial charge is 0.160 e. The monoisotopic (exact) mass is 326 g/mol. The van der Waals surface area contributed by atoms with Gasteiger partial charge in [0, 0.05) is 0 Å². The average Bonchev–Trinajstić information content (AvgIpc) is 2.61. The third-order valence-electron chi connectivity index (χ3n) is 4.60. The van der Waals surface area contributed by atoms with Crippen molar-refractivity contribution >= 4 is 0 Å². The van der Waals surface area contributed by atoms with E-state index in [-0.39, 0.29) is 11.5 Å². The summed E-state index contributed by atoms with van der Waals surface area (Å²) in [7, 11) is 0. The maximum absolute atomic E-state index is 9.75. The van der Waals surface area contributed by atoms with Gasteiger partial charge in [-0.3, -0.25) is 0 Å². The molecule has 130 valence electrons. The minimum atomic E-state index is -0.0111. The van der Waals surface area contributed by atoms with Crippen LogP contribution in [-0.2, 0) is 12.8 Å². The molecule has 0 saturated heterocycles. The number of para-hydroxylation sites is 1. The molecule has 0 saturated carbocycles. The van der Waals surface area contributed by atoms with Crippen molar-refractivity contribution in [2.24, 2.45) is 0 Å². The average molecular weight is 326 g/mol. The molecule has 0 radical (unpaired) electrons. The summed E-state index contributed by atoms with van der Waals surface area (Å²) in [4.78, 5) is 0. The largest absolute Gasteiger partial charge is 0.504 e. The Morgan fingerprint density at radius 1 is 0.542 bits per heavy atom. The highest BCUT2D eigenvalue weighted by molar-refractivity contribution is 5.44. The molecule has 2 heteroatoms. The fraction of sp³-hybridized carbons (Fsp3) is 0.455. The number of hydrogen-bond donors (Lipinski definition) is 2. The second kappa shape index (κ2) is 10.7. The van der Waals surface area contributed by atoms with Gasteiger partial charge in [-0.25, -0.2) is 0 Å². The van der Waals surface area contributed by atoms with E-state index in [1.807, 2.05) is 6.07 Å². The minimum Gasteiger partial charge on any atom is -0.504 e. The minimum absolute atomic E-state index is 0.0111. The molecule has 0 bridgehead atoms. The van der Waals surface area contributed by atoms with E-state index in [0.29, 0.717) is 0 Å². The molecule has 0 atom stereocenters. The van der Waals surface area contributed by atoms with Crippen LogP contribution in [0.3, 0.4) is 0 Å². The first-order valence-corrected chi connectivity index (χ1v) is 9.31. The second-order valence-electron chi connectivity index (χ2n) is 6.60. The van der Waals surface area contributed by atoms with Crippen LogP contribution < -0.4 is 0 Å². The van der Waals surface area contributed by atoms with Gasteiger partial charge < -0.3 is 10.2 Å². The van der Waals surface area contributed by atoms with Crippen molar-refractivity contribution in [3.05, 3.63) is 59.7 Å². The first kappa shape index (κ1) is 18.4. The topological polar surface area (TPSA) is 40.5 Å². The Labute approximate surface area is 146 Å². The summed E-state index contributed by atoms with van der Waals surface area (Å²) in [6, 6.07) is 15.9. The van der Waals surface area contributed by atoms with Crippen LogP contribution in [0.5, 0.6) is 11.5 Å². The van der Waals surface area contributed by atoms with Gasteiger partial charge >= 0.3 is 0 Å². The van der Waals surface area contributed by atoms with E-state index in [1.54, 1.807) is 6.07 Å². The fourth-order valence-corrected chi connectivity index (χ4v) is 3.13. The van der Waals surface area contributed by atoms with Crippen molar-refractivity contribution in [2.75, 3.05) is 0 Å². The third kappa shape index (κ3) is 6.66. The van der Waals surface area contributed by atoms with Crippen molar-refractivity contribution in [2.45, 2.75) is 64.2 Å². The zero-order valence-corrected chi connectivity index (χ0v) is 14.6. The summed E-state index contributed by atoms with van der Waals surface area (Å²) in [6.45, 7) is 0. The number of benzene rings is 2. The Kier molecular flexibility index (Phi) is 8.23. The van der Waals surface area contributed by atoms with E-state index in [1.165, 1.54) is 63.0 Å². The summed E-state index contributed by atoms with van der Waals surface area (Å²) in [5.41, 5.74) is 2.31. The third-order valence-corrected chi connectivity index (χ3v) is 4.60. The lowest BCUT2D eigenvalue weighted by molar-refractivity contribution is 0.398. The quantitative estimate of drug-likeness (QED) is 0.392. The van der Waals surface area contributed by atoms with Gasteiger partial charge in [0.15, 0.2) is 11.5 Å². The fourth-order valence-electron chi connectivity index (χ4n) is 3.13. The first-order valence-electron chi connectivity index (χ1n) is 9.31. The molecular weight excluding hydrogens is 296 g/mol. The zero-order chi connectivity index (χ0) is 17.0. The predicted octanol–water partition coefficient (Wildman–Crippen LogP) is 6.00. The molecule has 0 unspecified atom stereocenters. The van der Waals surface area contributed by atoms with Crippen molar-refractivity contribution in [1.82, 2.24) is 0 Å². The molecule has 0 aliphatic rings. The summed E-state index contributed by atoms with van der Waals surface area (Å²) in [5.74, 6) is 0.0407. The number of aryl methyl sites for hydroxylation is 2. The number of aromatic hydroxyl groups is 2. The lowest BCUT2D eigenvalue weighted by Gasteiger charge is -2.06. The van der Waals surface area contributed by atoms with Gasteiger partial charge in [0.25, 0.3) is 0 Å². The second-order valence-corrected chi connectivity index (χ2v) is 6.60. The molecule has 2 nitrogen and oxygen atoms in total. The van der Waals surface area contributed by atoms with E-state index < -0.39 is 0 Å². The molecule has 2 N–H and O–H groups in total. The molecule has 2 rings (SSSR count). The number of rotatable bonds is 11. The maximum Gasteiger partial charge on any atom is 0.160 e. The summed E-state index contributed by atoms with van der Waals surface area (Å²) < 4.78 is 0. The van der Waals surface area contributed by atoms with Gasteiger partial charge in [-0.2, -0.15) is 0 Å². The highest BCUT2D eigenvalue weighted by Gasteiger charge is 2.04. The van der Waals surface area contributed by atoms with Crippen LogP contribution in [-0.4, -0.2) is 10.2 Å². The molecule has 0 fully saturated rings. The van der Waals surface area contributed by atoms with Gasteiger partial charge in [-0.05, 0) is 42.9 Å². The lowest BCUT2D eigenvalue weighted by atomic mass is 10.0. The Morgan fingerprint density at radius 3 is 1.79 bits per heavy atom. The van der Waals surface area contributed by atoms with Gasteiger partial charge in [-0.15, -0.1) is 0 Å². The van der Waals surface area contributed by atoms with Gasteiger partial charge in [0.1, 0.15) is 0 Å². The lowest BCUT2D eigenvalue weighted by Crippen LogP contribution is -1.88. The normalized spacial score (nSPS) is 10.8. The Bertz CT molecular complexity index is 578. The van der Waals surface area contributed by atoms with E-state index in [2.05, 4.69) is 30.3 Å². The van der Waals surface area contributed by atoms with Crippen molar-refractivity contribution < 1.29 is 10.2 Å². The molecule has 2 aromatic rings. The maximum atomic E-state index is 9.75. The molecule has 2 aromatic carbocycles. The molecular formula is C22H30O2. The van der Waals surface area contributed by atoms with Crippen molar-refractivity contribution in [1.29, 1.82) is 0 Å². The molecule has 0 heterocycles. The Balaban J connectivity index is 1.44. The number of unbranched alkanes of at least 4 members (excludes halogenated alkanes) is 7. The molecule has 0 spiro atoms. The summed E-state index contributed by atoms with van der Waals surface area (Å²) in [5, 5.41) is 19.2. The number of hydrogen-bond acceptors (Lipinski definition) is 2. The van der Waals surface area contributed by atoms with Crippen LogP contribution in [0.2, 0.25) is 0 Å². The van der Waals surface area contributed by atoms with E-state index in [9.17, 15) is 10.2 Å². The van der Waals surface area contributed by atoms with Crippen molar-refractivity contribution in [3.63, 3.8) is 0 Å². The molecule has 0 aliphatic carbocycles. The standard InChI is InChI=1S/C22H30O2/c23-21-18-12-17-20(22(21)24)16-11-6-4-2-1-3-5-8-13-19-14-9-7-10-15-19/h7,9-10,12,14-15,17-18,23-24H,1-6,8,11,13,16H2. The van der Waals surface area contributed by atoms with Crippen LogP contribution in [0.25, 0.3) is 0 Å². The van der Waals surface area contributed by atoms with Crippen molar-refractivity contribution in [3.8, 4) is 11.5 Å². The molecule has 24 heavy (non-hydrogen) atoms. The van der Waals surface area contributed by atoms with Crippen LogP contribution in [0.15, 0.2) is 48.5 Å². The molecule has 0 aliphatic heterocycles. The predicted molar refractivity (Wildman–Crippen MR) is 101 cm³/mol. The van der Waals surface area contributed by atoms with Gasteiger partial charge in [-0.1, -0.05) is 81.0 Å². The highest BCUT2D eigenvalue weighted by atomic mass is 16.3. The summed E-state index contributed by atoms with van der Waals surface area (Å²) >= 11 is 0. The molecule has 0 amide bonds.